The number of methoxy groups -OCH3 is 2. The summed E-state index contributed by atoms with van der Waals surface area (Å²) >= 11 is 6.43. The summed E-state index contributed by atoms with van der Waals surface area (Å²) in [7, 11) is 3.14. The van der Waals surface area contributed by atoms with Crippen molar-refractivity contribution in [1.82, 2.24) is 9.91 Å². The molecule has 1 aliphatic heterocycles. The number of rotatable bonds is 9. The van der Waals surface area contributed by atoms with Gasteiger partial charge in [0.1, 0.15) is 12.3 Å². The number of hydrazone groups is 1. The molecule has 8 nitrogen and oxygen atoms in total. The molecule has 0 spiro atoms. The highest BCUT2D eigenvalue weighted by molar-refractivity contribution is 6.34. The molecule has 0 aliphatic carbocycles. The number of halogens is 1. The smallest absolute Gasteiger partial charge is 0.290 e. The molecule has 2 amide bonds. The van der Waals surface area contributed by atoms with E-state index < -0.39 is 5.91 Å². The quantitative estimate of drug-likeness (QED) is 0.439. The molecule has 35 heavy (non-hydrogen) atoms. The van der Waals surface area contributed by atoms with Crippen LogP contribution in [0.1, 0.15) is 34.1 Å². The Bertz CT molecular complexity index is 1190. The van der Waals surface area contributed by atoms with Gasteiger partial charge in [-0.1, -0.05) is 41.9 Å². The molecule has 0 bridgehead atoms. The molecule has 3 aromatic rings. The van der Waals surface area contributed by atoms with Crippen molar-refractivity contribution in [2.24, 2.45) is 5.10 Å². The van der Waals surface area contributed by atoms with Gasteiger partial charge in [-0.2, -0.15) is 5.10 Å². The zero-order valence-electron chi connectivity index (χ0n) is 19.5. The van der Waals surface area contributed by atoms with E-state index in [4.69, 9.17) is 25.5 Å². The zero-order valence-corrected chi connectivity index (χ0v) is 20.3. The predicted molar refractivity (Wildman–Crippen MR) is 132 cm³/mol. The molecule has 1 aromatic heterocycles. The van der Waals surface area contributed by atoms with Crippen molar-refractivity contribution in [3.63, 3.8) is 0 Å². The molecule has 2 heterocycles. The SMILES string of the molecule is COCCN(CC(=O)N1N=C(c2ccccc2Cl)CC1c1ccc(OC)cc1)C(=O)c1ccco1. The van der Waals surface area contributed by atoms with Crippen molar-refractivity contribution in [2.45, 2.75) is 12.5 Å². The Balaban J connectivity index is 1.63. The number of nitrogens with zero attached hydrogens (tertiary/aromatic N) is 3. The summed E-state index contributed by atoms with van der Waals surface area (Å²) in [5.41, 5.74) is 2.36. The van der Waals surface area contributed by atoms with Crippen LogP contribution in [-0.4, -0.2) is 61.4 Å². The average Bonchev–Trinajstić information content (AvgIpc) is 3.57. The fourth-order valence-corrected chi connectivity index (χ4v) is 4.17. The lowest BCUT2D eigenvalue weighted by atomic mass is 9.98. The number of benzene rings is 2. The highest BCUT2D eigenvalue weighted by Gasteiger charge is 2.35. The molecule has 2 aromatic carbocycles. The lowest BCUT2D eigenvalue weighted by molar-refractivity contribution is -0.133. The molecule has 9 heteroatoms. The first kappa shape index (κ1) is 24.5. The van der Waals surface area contributed by atoms with Gasteiger partial charge in [-0.3, -0.25) is 9.59 Å². The maximum absolute atomic E-state index is 13.6. The van der Waals surface area contributed by atoms with Crippen molar-refractivity contribution in [3.05, 3.63) is 88.8 Å². The maximum Gasteiger partial charge on any atom is 0.290 e. The van der Waals surface area contributed by atoms with Crippen LogP contribution >= 0.6 is 11.6 Å². The summed E-state index contributed by atoms with van der Waals surface area (Å²) < 4.78 is 15.7. The van der Waals surface area contributed by atoms with Gasteiger partial charge in [-0.25, -0.2) is 5.01 Å². The highest BCUT2D eigenvalue weighted by Crippen LogP contribution is 2.35. The number of hydrogen-bond donors (Lipinski definition) is 0. The molecular formula is C26H26ClN3O5. The first-order valence-electron chi connectivity index (χ1n) is 11.1. The van der Waals surface area contributed by atoms with E-state index in [9.17, 15) is 9.59 Å². The lowest BCUT2D eigenvalue weighted by Crippen LogP contribution is -2.42. The van der Waals surface area contributed by atoms with Crippen molar-refractivity contribution in [2.75, 3.05) is 33.9 Å². The van der Waals surface area contributed by atoms with E-state index in [2.05, 4.69) is 5.10 Å². The second kappa shape index (κ2) is 11.2. The zero-order chi connectivity index (χ0) is 24.8. The molecule has 182 valence electrons. The number of carbonyl (C=O) groups is 2. The third-order valence-electron chi connectivity index (χ3n) is 5.76. The molecular weight excluding hydrogens is 470 g/mol. The Morgan fingerprint density at radius 3 is 2.54 bits per heavy atom. The van der Waals surface area contributed by atoms with Crippen molar-refractivity contribution in [1.29, 1.82) is 0 Å². The fraction of sp³-hybridized carbons (Fsp3) is 0.269. The van der Waals surface area contributed by atoms with E-state index in [1.54, 1.807) is 25.3 Å². The Hall–Kier alpha value is -3.62. The lowest BCUT2D eigenvalue weighted by Gasteiger charge is -2.26. The minimum absolute atomic E-state index is 0.155. The second-order valence-electron chi connectivity index (χ2n) is 7.95. The third kappa shape index (κ3) is 5.55. The van der Waals surface area contributed by atoms with Crippen LogP contribution in [0.4, 0.5) is 0 Å². The molecule has 1 unspecified atom stereocenters. The van der Waals surface area contributed by atoms with Gasteiger partial charge in [-0.05, 0) is 35.9 Å². The van der Waals surface area contributed by atoms with Crippen LogP contribution < -0.4 is 4.74 Å². The Morgan fingerprint density at radius 2 is 1.89 bits per heavy atom. The molecule has 0 fully saturated rings. The molecule has 4 rings (SSSR count). The van der Waals surface area contributed by atoms with E-state index in [1.807, 2.05) is 42.5 Å². The average molecular weight is 496 g/mol. The van der Waals surface area contributed by atoms with E-state index in [0.717, 1.165) is 11.1 Å². The van der Waals surface area contributed by atoms with Crippen LogP contribution in [0.25, 0.3) is 0 Å². The summed E-state index contributed by atoms with van der Waals surface area (Å²) in [5, 5.41) is 6.67. The Kier molecular flexibility index (Phi) is 7.84. The first-order chi connectivity index (χ1) is 17.0. The van der Waals surface area contributed by atoms with Gasteiger partial charge in [0, 0.05) is 30.7 Å². The Morgan fingerprint density at radius 1 is 1.11 bits per heavy atom. The molecule has 1 aliphatic rings. The normalized spacial score (nSPS) is 15.1. The summed E-state index contributed by atoms with van der Waals surface area (Å²) in [6.45, 7) is 0.314. The number of furan rings is 1. The van der Waals surface area contributed by atoms with Crippen LogP contribution in [0.3, 0.4) is 0 Å². The van der Waals surface area contributed by atoms with Crippen molar-refractivity contribution < 1.29 is 23.5 Å². The molecule has 0 saturated carbocycles. The van der Waals surface area contributed by atoms with Gasteiger partial charge >= 0.3 is 0 Å². The molecule has 1 atom stereocenters. The molecule has 0 radical (unpaired) electrons. The summed E-state index contributed by atoms with van der Waals surface area (Å²) in [6.07, 6.45) is 1.90. The number of ether oxygens (including phenoxy) is 2. The molecule has 0 N–H and O–H groups in total. The summed E-state index contributed by atoms with van der Waals surface area (Å²) in [4.78, 5) is 27.9. The van der Waals surface area contributed by atoms with Gasteiger partial charge in [0.2, 0.25) is 0 Å². The van der Waals surface area contributed by atoms with Crippen LogP contribution in [0, 0.1) is 0 Å². The van der Waals surface area contributed by atoms with Gasteiger partial charge < -0.3 is 18.8 Å². The van der Waals surface area contributed by atoms with Crippen molar-refractivity contribution in [3.8, 4) is 5.75 Å². The Labute approximate surface area is 208 Å². The van der Waals surface area contributed by atoms with Gasteiger partial charge in [-0.15, -0.1) is 0 Å². The first-order valence-corrected chi connectivity index (χ1v) is 11.5. The number of hydrogen-bond acceptors (Lipinski definition) is 6. The highest BCUT2D eigenvalue weighted by atomic mass is 35.5. The van der Waals surface area contributed by atoms with E-state index in [-0.39, 0.29) is 37.4 Å². The minimum atomic E-state index is -0.393. The largest absolute Gasteiger partial charge is 0.497 e. The van der Waals surface area contributed by atoms with Crippen LogP contribution in [-0.2, 0) is 9.53 Å². The topological polar surface area (TPSA) is 84.6 Å². The summed E-state index contributed by atoms with van der Waals surface area (Å²) in [5.74, 6) is 0.147. The minimum Gasteiger partial charge on any atom is -0.497 e. The molecule has 0 saturated heterocycles. The fourth-order valence-electron chi connectivity index (χ4n) is 3.93. The van der Waals surface area contributed by atoms with Crippen molar-refractivity contribution >= 4 is 29.1 Å². The van der Waals surface area contributed by atoms with Gasteiger partial charge in [0.25, 0.3) is 11.8 Å². The van der Waals surface area contributed by atoms with E-state index in [0.29, 0.717) is 22.9 Å². The standard InChI is InChI=1S/C26H26ClN3O5/c1-33-15-13-29(26(32)24-8-5-14-35-24)17-25(31)30-23(18-9-11-19(34-2)12-10-18)16-22(28-30)20-6-3-4-7-21(20)27/h3-12,14,23H,13,15-17H2,1-2H3. The van der Waals surface area contributed by atoms with Crippen LogP contribution in [0.5, 0.6) is 5.75 Å². The van der Waals surface area contributed by atoms with Crippen LogP contribution in [0.2, 0.25) is 5.02 Å². The monoisotopic (exact) mass is 495 g/mol. The number of amides is 2. The van der Waals surface area contributed by atoms with Gasteiger partial charge in [0.05, 0.1) is 31.7 Å². The predicted octanol–water partition coefficient (Wildman–Crippen LogP) is 4.41. The maximum atomic E-state index is 13.6. The van der Waals surface area contributed by atoms with E-state index in [1.165, 1.54) is 23.3 Å². The van der Waals surface area contributed by atoms with Crippen LogP contribution in [0.15, 0.2) is 76.4 Å². The second-order valence-corrected chi connectivity index (χ2v) is 8.36. The third-order valence-corrected chi connectivity index (χ3v) is 6.09. The summed E-state index contributed by atoms with van der Waals surface area (Å²) in [6, 6.07) is 17.7. The van der Waals surface area contributed by atoms with E-state index >= 15 is 0 Å². The number of carbonyl (C=O) groups excluding carboxylic acids is 2. The van der Waals surface area contributed by atoms with Gasteiger partial charge in [0.15, 0.2) is 5.76 Å².